The Morgan fingerprint density at radius 1 is 1.17 bits per heavy atom. The zero-order valence-electron chi connectivity index (χ0n) is 10.3. The molecule has 94 valence electrons. The van der Waals surface area contributed by atoms with Gasteiger partial charge in [-0.25, -0.2) is 0 Å². The Kier molecular flexibility index (Phi) is 3.74. The highest BCUT2D eigenvalue weighted by molar-refractivity contribution is 7.09. The van der Waals surface area contributed by atoms with Gasteiger partial charge in [0.25, 0.3) is 0 Å². The molecule has 1 aromatic carbocycles. The molecule has 1 saturated heterocycles. The van der Waals surface area contributed by atoms with Crippen LogP contribution in [0.3, 0.4) is 0 Å². The summed E-state index contributed by atoms with van der Waals surface area (Å²) in [7, 11) is 0. The van der Waals surface area contributed by atoms with Gasteiger partial charge in [-0.05, 0) is 30.0 Å². The molecule has 3 rings (SSSR count). The molecule has 0 saturated carbocycles. The van der Waals surface area contributed by atoms with E-state index in [1.54, 1.807) is 0 Å². The average Bonchev–Trinajstić information content (AvgIpc) is 3.09. The van der Waals surface area contributed by atoms with Gasteiger partial charge < -0.3 is 10.6 Å². The summed E-state index contributed by atoms with van der Waals surface area (Å²) in [4.78, 5) is 1.41. The summed E-state index contributed by atoms with van der Waals surface area (Å²) in [5.41, 5.74) is 1.39. The van der Waals surface area contributed by atoms with Crippen molar-refractivity contribution in [2.24, 2.45) is 0 Å². The van der Waals surface area contributed by atoms with Crippen LogP contribution < -0.4 is 10.6 Å². The number of thiophene rings is 1. The van der Waals surface area contributed by atoms with E-state index < -0.39 is 0 Å². The van der Waals surface area contributed by atoms with E-state index in [9.17, 15) is 0 Å². The van der Waals surface area contributed by atoms with Gasteiger partial charge in [0, 0.05) is 23.5 Å². The molecule has 2 heterocycles. The predicted molar refractivity (Wildman–Crippen MR) is 76.7 cm³/mol. The summed E-state index contributed by atoms with van der Waals surface area (Å²) in [6.07, 6.45) is 1.20. The Morgan fingerprint density at radius 3 is 2.83 bits per heavy atom. The highest BCUT2D eigenvalue weighted by Crippen LogP contribution is 2.24. The Balaban J connectivity index is 1.65. The van der Waals surface area contributed by atoms with Crippen LogP contribution in [0.2, 0.25) is 0 Å². The van der Waals surface area contributed by atoms with Gasteiger partial charge in [-0.15, -0.1) is 11.3 Å². The molecule has 2 unspecified atom stereocenters. The van der Waals surface area contributed by atoms with Gasteiger partial charge in [0.1, 0.15) is 0 Å². The lowest BCUT2D eigenvalue weighted by atomic mass is 10.0. The van der Waals surface area contributed by atoms with E-state index in [1.807, 2.05) is 11.3 Å². The molecule has 18 heavy (non-hydrogen) atoms. The van der Waals surface area contributed by atoms with Crippen LogP contribution in [0.5, 0.6) is 0 Å². The molecule has 0 bridgehead atoms. The van der Waals surface area contributed by atoms with Gasteiger partial charge in [-0.3, -0.25) is 0 Å². The first-order valence-corrected chi connectivity index (χ1v) is 7.35. The number of rotatable bonds is 4. The maximum Gasteiger partial charge on any atom is 0.0476 e. The van der Waals surface area contributed by atoms with Gasteiger partial charge in [0.05, 0.1) is 0 Å². The summed E-state index contributed by atoms with van der Waals surface area (Å²) >= 11 is 1.82. The van der Waals surface area contributed by atoms with E-state index in [0.29, 0.717) is 12.1 Å². The number of hydrogen-bond donors (Lipinski definition) is 2. The lowest BCUT2D eigenvalue weighted by Gasteiger charge is -2.21. The molecule has 2 aromatic rings. The fourth-order valence-electron chi connectivity index (χ4n) is 2.58. The summed E-state index contributed by atoms with van der Waals surface area (Å²) in [5, 5.41) is 9.41. The van der Waals surface area contributed by atoms with E-state index in [-0.39, 0.29) is 0 Å². The molecule has 0 amide bonds. The van der Waals surface area contributed by atoms with Crippen molar-refractivity contribution in [1.82, 2.24) is 10.6 Å². The maximum absolute atomic E-state index is 3.68. The van der Waals surface area contributed by atoms with Crippen molar-refractivity contribution in [3.63, 3.8) is 0 Å². The average molecular weight is 258 g/mol. The molecule has 1 aromatic heterocycles. The highest BCUT2D eigenvalue weighted by Gasteiger charge is 2.27. The number of nitrogens with one attached hydrogen (secondary N) is 2. The van der Waals surface area contributed by atoms with E-state index in [0.717, 1.165) is 13.1 Å². The molecule has 0 spiro atoms. The maximum atomic E-state index is 3.68. The lowest BCUT2D eigenvalue weighted by Crippen LogP contribution is -2.33. The first-order valence-electron chi connectivity index (χ1n) is 6.47. The van der Waals surface area contributed by atoms with Crippen molar-refractivity contribution in [1.29, 1.82) is 0 Å². The zero-order chi connectivity index (χ0) is 12.2. The Bertz CT molecular complexity index is 467. The minimum absolute atomic E-state index is 0.450. The van der Waals surface area contributed by atoms with Gasteiger partial charge in [0.15, 0.2) is 0 Å². The fourth-order valence-corrected chi connectivity index (χ4v) is 3.23. The minimum Gasteiger partial charge on any atom is -0.309 e. The van der Waals surface area contributed by atoms with Gasteiger partial charge in [-0.1, -0.05) is 36.4 Å². The van der Waals surface area contributed by atoms with Crippen molar-refractivity contribution in [2.75, 3.05) is 6.54 Å². The number of benzene rings is 1. The van der Waals surface area contributed by atoms with Crippen molar-refractivity contribution in [3.8, 4) is 0 Å². The largest absolute Gasteiger partial charge is 0.309 e. The Morgan fingerprint density at radius 2 is 2.06 bits per heavy atom. The molecule has 2 N–H and O–H groups in total. The lowest BCUT2D eigenvalue weighted by molar-refractivity contribution is 0.463. The molecule has 1 aliphatic heterocycles. The standard InChI is InChI=1S/C15H18N2S/c1-2-5-12(6-3-1)15-14(8-9-16-15)17-11-13-7-4-10-18-13/h1-7,10,14-17H,8-9,11H2. The van der Waals surface area contributed by atoms with Crippen molar-refractivity contribution in [2.45, 2.75) is 25.0 Å². The zero-order valence-corrected chi connectivity index (χ0v) is 11.1. The third kappa shape index (κ3) is 2.64. The molecule has 0 radical (unpaired) electrons. The molecule has 3 heteroatoms. The van der Waals surface area contributed by atoms with E-state index in [1.165, 1.54) is 16.9 Å². The van der Waals surface area contributed by atoms with Gasteiger partial charge in [0.2, 0.25) is 0 Å². The van der Waals surface area contributed by atoms with Crippen LogP contribution >= 0.6 is 11.3 Å². The van der Waals surface area contributed by atoms with Crippen molar-refractivity contribution in [3.05, 3.63) is 58.3 Å². The molecule has 2 atom stereocenters. The van der Waals surface area contributed by atoms with Crippen LogP contribution in [0.25, 0.3) is 0 Å². The molecule has 1 aliphatic rings. The monoisotopic (exact) mass is 258 g/mol. The van der Waals surface area contributed by atoms with Crippen LogP contribution in [-0.4, -0.2) is 12.6 Å². The van der Waals surface area contributed by atoms with Gasteiger partial charge >= 0.3 is 0 Å². The molecular weight excluding hydrogens is 240 g/mol. The number of hydrogen-bond acceptors (Lipinski definition) is 3. The second kappa shape index (κ2) is 5.65. The van der Waals surface area contributed by atoms with E-state index in [2.05, 4.69) is 58.5 Å². The molecule has 2 nitrogen and oxygen atoms in total. The van der Waals surface area contributed by atoms with Crippen LogP contribution in [0, 0.1) is 0 Å². The summed E-state index contributed by atoms with van der Waals surface area (Å²) < 4.78 is 0. The Labute approximate surface area is 112 Å². The SMILES string of the molecule is c1ccc(C2NCCC2NCc2cccs2)cc1. The molecule has 0 aliphatic carbocycles. The second-order valence-corrected chi connectivity index (χ2v) is 5.73. The quantitative estimate of drug-likeness (QED) is 0.881. The topological polar surface area (TPSA) is 24.1 Å². The third-order valence-corrected chi connectivity index (χ3v) is 4.38. The van der Waals surface area contributed by atoms with Crippen LogP contribution in [0.15, 0.2) is 47.8 Å². The third-order valence-electron chi connectivity index (χ3n) is 3.50. The van der Waals surface area contributed by atoms with Gasteiger partial charge in [-0.2, -0.15) is 0 Å². The van der Waals surface area contributed by atoms with E-state index in [4.69, 9.17) is 0 Å². The fraction of sp³-hybridized carbons (Fsp3) is 0.333. The molecular formula is C15H18N2S. The summed E-state index contributed by atoms with van der Waals surface area (Å²) in [5.74, 6) is 0. The highest BCUT2D eigenvalue weighted by atomic mass is 32.1. The second-order valence-electron chi connectivity index (χ2n) is 4.70. The minimum atomic E-state index is 0.450. The summed E-state index contributed by atoms with van der Waals surface area (Å²) in [6.45, 7) is 2.08. The predicted octanol–water partition coefficient (Wildman–Crippen LogP) is 2.94. The van der Waals surface area contributed by atoms with E-state index >= 15 is 0 Å². The Hall–Kier alpha value is -1.16. The first-order chi connectivity index (χ1) is 8.93. The smallest absolute Gasteiger partial charge is 0.0476 e. The van der Waals surface area contributed by atoms with Crippen molar-refractivity contribution >= 4 is 11.3 Å². The van der Waals surface area contributed by atoms with Crippen LogP contribution in [-0.2, 0) is 6.54 Å². The van der Waals surface area contributed by atoms with Crippen LogP contribution in [0.1, 0.15) is 22.9 Å². The first kappa shape index (κ1) is 11.9. The summed E-state index contributed by atoms with van der Waals surface area (Å²) in [6, 6.07) is 16.0. The van der Waals surface area contributed by atoms with Crippen LogP contribution in [0.4, 0.5) is 0 Å². The normalized spacial score (nSPS) is 23.3. The molecule has 1 fully saturated rings. The van der Waals surface area contributed by atoms with Crippen molar-refractivity contribution < 1.29 is 0 Å².